The number of hydrazone groups is 1. The van der Waals surface area contributed by atoms with E-state index >= 15 is 0 Å². The Morgan fingerprint density at radius 1 is 1.42 bits per heavy atom. The minimum atomic E-state index is -0.466. The van der Waals surface area contributed by atoms with Crippen molar-refractivity contribution in [1.29, 1.82) is 0 Å². The van der Waals surface area contributed by atoms with E-state index in [0.29, 0.717) is 17.2 Å². The molecule has 0 spiro atoms. The monoisotopic (exact) mass is 359 g/mol. The van der Waals surface area contributed by atoms with Gasteiger partial charge in [0.1, 0.15) is 5.75 Å². The average Bonchev–Trinajstić information content (AvgIpc) is 2.92. The molecule has 7 nitrogen and oxygen atoms in total. The maximum Gasteiger partial charge on any atom is 0.277 e. The average molecular weight is 359 g/mol. The predicted molar refractivity (Wildman–Crippen MR) is 98.1 cm³/mol. The third-order valence-electron chi connectivity index (χ3n) is 6.64. The predicted octanol–water partition coefficient (Wildman–Crippen LogP) is 3.60. The number of carbonyl (C=O) groups excluding carboxylic acids is 1. The highest BCUT2D eigenvalue weighted by Gasteiger charge is 2.60. The van der Waals surface area contributed by atoms with Crippen LogP contribution in [0.3, 0.4) is 0 Å². The van der Waals surface area contributed by atoms with E-state index in [0.717, 1.165) is 18.6 Å². The smallest absolute Gasteiger partial charge is 0.277 e. The van der Waals surface area contributed by atoms with Crippen LogP contribution < -0.4 is 10.2 Å². The summed E-state index contributed by atoms with van der Waals surface area (Å²) in [6.45, 7) is 8.16. The maximum absolute atomic E-state index is 12.1. The summed E-state index contributed by atoms with van der Waals surface area (Å²) >= 11 is 0. The SMILES string of the molecule is Cc1c(OCC(=O)N/N=C2\CC3CCC2(C)C3(C)C)cccc1[N+](=O)[O-]. The van der Waals surface area contributed by atoms with Crippen molar-refractivity contribution in [2.24, 2.45) is 21.8 Å². The third-order valence-corrected chi connectivity index (χ3v) is 6.64. The molecule has 0 radical (unpaired) electrons. The molecule has 1 N–H and O–H groups in total. The second-order valence-corrected chi connectivity index (χ2v) is 8.03. The number of fused-ring (bicyclic) bond motifs is 2. The summed E-state index contributed by atoms with van der Waals surface area (Å²) in [4.78, 5) is 22.6. The Hall–Kier alpha value is -2.44. The molecule has 7 heteroatoms. The fourth-order valence-corrected chi connectivity index (χ4v) is 4.36. The summed E-state index contributed by atoms with van der Waals surface area (Å²) in [6, 6.07) is 4.56. The van der Waals surface area contributed by atoms with Crippen molar-refractivity contribution in [2.45, 2.75) is 47.0 Å². The molecule has 2 unspecified atom stereocenters. The first-order valence-electron chi connectivity index (χ1n) is 8.89. The molecule has 2 fully saturated rings. The Morgan fingerprint density at radius 3 is 2.73 bits per heavy atom. The number of nitro groups is 1. The molecule has 3 rings (SSSR count). The Kier molecular flexibility index (Phi) is 4.50. The number of carbonyl (C=O) groups is 1. The second-order valence-electron chi connectivity index (χ2n) is 8.03. The Labute approximate surface area is 153 Å². The fraction of sp³-hybridized carbons (Fsp3) is 0.579. The topological polar surface area (TPSA) is 93.8 Å². The second kappa shape index (κ2) is 6.37. The van der Waals surface area contributed by atoms with Gasteiger partial charge in [-0.2, -0.15) is 5.10 Å². The van der Waals surface area contributed by atoms with Gasteiger partial charge >= 0.3 is 0 Å². The molecule has 2 atom stereocenters. The summed E-state index contributed by atoms with van der Waals surface area (Å²) in [5, 5.41) is 15.3. The van der Waals surface area contributed by atoms with Gasteiger partial charge in [0.05, 0.1) is 10.5 Å². The highest BCUT2D eigenvalue weighted by atomic mass is 16.6. The van der Waals surface area contributed by atoms with Crippen LogP contribution in [0.5, 0.6) is 5.75 Å². The van der Waals surface area contributed by atoms with Crippen molar-refractivity contribution >= 4 is 17.3 Å². The number of nitrogens with zero attached hydrogens (tertiary/aromatic N) is 2. The van der Waals surface area contributed by atoms with Gasteiger partial charge in [0.15, 0.2) is 6.61 Å². The number of amides is 1. The lowest BCUT2D eigenvalue weighted by Crippen LogP contribution is -2.35. The minimum absolute atomic E-state index is 0.0275. The van der Waals surface area contributed by atoms with Crippen molar-refractivity contribution in [3.63, 3.8) is 0 Å². The molecule has 0 aliphatic heterocycles. The summed E-state index contributed by atoms with van der Waals surface area (Å²) in [6.07, 6.45) is 3.24. The van der Waals surface area contributed by atoms with Gasteiger partial charge < -0.3 is 4.74 Å². The van der Waals surface area contributed by atoms with Crippen LogP contribution in [0.1, 0.15) is 45.6 Å². The lowest BCUT2D eigenvalue weighted by Gasteiger charge is -2.34. The van der Waals surface area contributed by atoms with Gasteiger partial charge in [0, 0.05) is 17.2 Å². The van der Waals surface area contributed by atoms with Gasteiger partial charge in [0.2, 0.25) is 0 Å². The van der Waals surface area contributed by atoms with Crippen molar-refractivity contribution in [1.82, 2.24) is 5.43 Å². The molecule has 1 aromatic carbocycles. The molecular weight excluding hydrogens is 334 g/mol. The van der Waals surface area contributed by atoms with Gasteiger partial charge in [-0.05, 0) is 43.6 Å². The summed E-state index contributed by atoms with van der Waals surface area (Å²) < 4.78 is 5.45. The van der Waals surface area contributed by atoms with Crippen molar-refractivity contribution in [2.75, 3.05) is 6.61 Å². The zero-order valence-corrected chi connectivity index (χ0v) is 15.7. The molecular formula is C19H25N3O4. The molecule has 2 saturated carbocycles. The van der Waals surface area contributed by atoms with Crippen LogP contribution in [-0.2, 0) is 4.79 Å². The highest BCUT2D eigenvalue weighted by molar-refractivity contribution is 5.95. The van der Waals surface area contributed by atoms with E-state index in [4.69, 9.17) is 4.74 Å². The third kappa shape index (κ3) is 2.85. The molecule has 2 bridgehead atoms. The van der Waals surface area contributed by atoms with Crippen molar-refractivity contribution in [3.8, 4) is 5.75 Å². The van der Waals surface area contributed by atoms with Crippen LogP contribution in [0.25, 0.3) is 0 Å². The lowest BCUT2D eigenvalue weighted by atomic mass is 9.70. The van der Waals surface area contributed by atoms with Crippen LogP contribution in [0.4, 0.5) is 5.69 Å². The maximum atomic E-state index is 12.1. The van der Waals surface area contributed by atoms with Gasteiger partial charge in [-0.25, -0.2) is 5.43 Å². The first-order chi connectivity index (χ1) is 12.2. The molecule has 26 heavy (non-hydrogen) atoms. The minimum Gasteiger partial charge on any atom is -0.483 e. The van der Waals surface area contributed by atoms with E-state index in [9.17, 15) is 14.9 Å². The van der Waals surface area contributed by atoms with Crippen LogP contribution in [-0.4, -0.2) is 23.1 Å². The van der Waals surface area contributed by atoms with Crippen LogP contribution in [0, 0.1) is 33.8 Å². The molecule has 2 aliphatic carbocycles. The first kappa shape index (κ1) is 18.4. The molecule has 0 heterocycles. The molecule has 0 saturated heterocycles. The zero-order chi connectivity index (χ0) is 19.1. The number of hydrogen-bond acceptors (Lipinski definition) is 5. The summed E-state index contributed by atoms with van der Waals surface area (Å²) in [7, 11) is 0. The van der Waals surface area contributed by atoms with E-state index < -0.39 is 4.92 Å². The Bertz CT molecular complexity index is 787. The first-order valence-corrected chi connectivity index (χ1v) is 8.89. The summed E-state index contributed by atoms with van der Waals surface area (Å²) in [5.74, 6) is 0.578. The van der Waals surface area contributed by atoms with Crippen LogP contribution in [0.2, 0.25) is 0 Å². The van der Waals surface area contributed by atoms with Crippen molar-refractivity contribution in [3.05, 3.63) is 33.9 Å². The molecule has 2 aliphatic rings. The van der Waals surface area contributed by atoms with E-state index in [1.807, 2.05) is 0 Å². The number of rotatable bonds is 5. The number of benzene rings is 1. The van der Waals surface area contributed by atoms with Gasteiger partial charge in [-0.1, -0.05) is 26.8 Å². The molecule has 1 aromatic rings. The Morgan fingerprint density at radius 2 is 2.15 bits per heavy atom. The van der Waals surface area contributed by atoms with Crippen molar-refractivity contribution < 1.29 is 14.5 Å². The van der Waals surface area contributed by atoms with E-state index in [1.54, 1.807) is 13.0 Å². The largest absolute Gasteiger partial charge is 0.483 e. The number of hydrogen-bond donors (Lipinski definition) is 1. The summed E-state index contributed by atoms with van der Waals surface area (Å²) in [5.41, 5.74) is 4.25. The fourth-order valence-electron chi connectivity index (χ4n) is 4.36. The van der Waals surface area contributed by atoms with Gasteiger partial charge in [0.25, 0.3) is 11.6 Å². The van der Waals surface area contributed by atoms with Crippen LogP contribution >= 0.6 is 0 Å². The van der Waals surface area contributed by atoms with Gasteiger partial charge in [-0.3, -0.25) is 14.9 Å². The molecule has 1 amide bonds. The quantitative estimate of drug-likeness (QED) is 0.642. The Balaban J connectivity index is 1.61. The highest BCUT2D eigenvalue weighted by Crippen LogP contribution is 2.63. The lowest BCUT2D eigenvalue weighted by molar-refractivity contribution is -0.385. The zero-order valence-electron chi connectivity index (χ0n) is 15.7. The number of nitro benzene ring substituents is 1. The number of ether oxygens (including phenoxy) is 1. The van der Waals surface area contributed by atoms with E-state index in [1.165, 1.54) is 18.6 Å². The standard InChI is InChI=1S/C19H25N3O4/c1-12-14(22(24)25)6-5-7-15(12)26-11-17(23)21-20-16-10-13-8-9-19(16,4)18(13,2)3/h5-7,13H,8-11H2,1-4H3,(H,21,23)/b20-16+. The number of nitrogens with one attached hydrogen (secondary N) is 1. The van der Waals surface area contributed by atoms with E-state index in [2.05, 4.69) is 31.3 Å². The molecule has 0 aromatic heterocycles. The normalized spacial score (nSPS) is 27.5. The van der Waals surface area contributed by atoms with Gasteiger partial charge in [-0.15, -0.1) is 0 Å². The van der Waals surface area contributed by atoms with E-state index in [-0.39, 0.29) is 29.0 Å². The molecule has 140 valence electrons. The van der Waals surface area contributed by atoms with Crippen LogP contribution in [0.15, 0.2) is 23.3 Å².